The van der Waals surface area contributed by atoms with Crippen LogP contribution in [0.4, 0.5) is 0 Å². The minimum atomic E-state index is -0.523. The number of nitrogens with one attached hydrogen (secondary N) is 2. The number of furan rings is 1. The molecule has 0 aliphatic heterocycles. The van der Waals surface area contributed by atoms with Gasteiger partial charge in [0, 0.05) is 31.1 Å². The Kier molecular flexibility index (Phi) is 3.42. The summed E-state index contributed by atoms with van der Waals surface area (Å²) in [6, 6.07) is 3.22. The maximum absolute atomic E-state index is 12.3. The molecule has 1 aliphatic rings. The van der Waals surface area contributed by atoms with E-state index in [4.69, 9.17) is 4.42 Å². The van der Waals surface area contributed by atoms with E-state index < -0.39 is 6.10 Å². The van der Waals surface area contributed by atoms with Crippen LogP contribution in [0.15, 0.2) is 41.5 Å². The molecule has 3 N–H and O–H groups in total. The van der Waals surface area contributed by atoms with Crippen molar-refractivity contribution in [3.05, 3.63) is 42.8 Å². The summed E-state index contributed by atoms with van der Waals surface area (Å²) >= 11 is 0. The van der Waals surface area contributed by atoms with E-state index in [-0.39, 0.29) is 11.9 Å². The van der Waals surface area contributed by atoms with Gasteiger partial charge >= 0.3 is 0 Å². The molecule has 1 aliphatic carbocycles. The first-order valence-electron chi connectivity index (χ1n) is 7.70. The summed E-state index contributed by atoms with van der Waals surface area (Å²) in [6.45, 7) is 0.804. The standard InChI is InChI=1S/C16H18N4O3/c21-14-6-10(8-20-3-2-17-9-20)5-12(14)19-16(22)13-7-15-11(18-13)1-4-23-15/h1-4,7,9-10,12,14,18,21H,5-6,8H2,(H,19,22)/t10?,12-,14-/m1/s1. The minimum absolute atomic E-state index is 0.219. The topological polar surface area (TPSA) is 96.1 Å². The van der Waals surface area contributed by atoms with Gasteiger partial charge in [0.1, 0.15) is 5.69 Å². The fraction of sp³-hybridized carbons (Fsp3) is 0.375. The van der Waals surface area contributed by atoms with Crippen LogP contribution in [0.2, 0.25) is 0 Å². The van der Waals surface area contributed by atoms with Crippen LogP contribution < -0.4 is 5.32 Å². The van der Waals surface area contributed by atoms with Crippen molar-refractivity contribution in [1.82, 2.24) is 19.9 Å². The Bertz CT molecular complexity index is 776. The predicted molar refractivity (Wildman–Crippen MR) is 82.8 cm³/mol. The Morgan fingerprint density at radius 3 is 3.22 bits per heavy atom. The first kappa shape index (κ1) is 14.1. The molecule has 1 unspecified atom stereocenters. The van der Waals surface area contributed by atoms with Gasteiger partial charge < -0.3 is 24.4 Å². The molecule has 7 nitrogen and oxygen atoms in total. The van der Waals surface area contributed by atoms with E-state index in [0.717, 1.165) is 18.5 Å². The zero-order chi connectivity index (χ0) is 15.8. The highest BCUT2D eigenvalue weighted by Gasteiger charge is 2.34. The highest BCUT2D eigenvalue weighted by molar-refractivity contribution is 5.96. The summed E-state index contributed by atoms with van der Waals surface area (Å²) in [5.74, 6) is 0.105. The summed E-state index contributed by atoms with van der Waals surface area (Å²) in [4.78, 5) is 19.4. The fourth-order valence-corrected chi connectivity index (χ4v) is 3.33. The van der Waals surface area contributed by atoms with E-state index in [1.807, 2.05) is 10.8 Å². The minimum Gasteiger partial charge on any atom is -0.463 e. The van der Waals surface area contributed by atoms with Crippen LogP contribution in [0.1, 0.15) is 23.3 Å². The highest BCUT2D eigenvalue weighted by atomic mass is 16.3. The van der Waals surface area contributed by atoms with Crippen molar-refractivity contribution in [2.45, 2.75) is 31.5 Å². The maximum Gasteiger partial charge on any atom is 0.268 e. The quantitative estimate of drug-likeness (QED) is 0.680. The maximum atomic E-state index is 12.3. The average molecular weight is 314 g/mol. The molecule has 1 fully saturated rings. The van der Waals surface area contributed by atoms with Gasteiger partial charge in [-0.3, -0.25) is 4.79 Å². The number of fused-ring (bicyclic) bond motifs is 1. The van der Waals surface area contributed by atoms with Crippen LogP contribution in [-0.4, -0.2) is 37.7 Å². The van der Waals surface area contributed by atoms with Crippen molar-refractivity contribution in [2.24, 2.45) is 5.92 Å². The molecule has 3 heterocycles. The lowest BCUT2D eigenvalue weighted by Crippen LogP contribution is -2.40. The normalized spacial score (nSPS) is 24.3. The second-order valence-corrected chi connectivity index (χ2v) is 6.13. The number of aromatic nitrogens is 3. The molecule has 120 valence electrons. The molecule has 3 atom stereocenters. The number of amides is 1. The Morgan fingerprint density at radius 2 is 2.43 bits per heavy atom. The van der Waals surface area contributed by atoms with Gasteiger partial charge in [-0.05, 0) is 18.8 Å². The van der Waals surface area contributed by atoms with Gasteiger partial charge in [-0.1, -0.05) is 0 Å². The third kappa shape index (κ3) is 2.75. The van der Waals surface area contributed by atoms with Crippen LogP contribution in [-0.2, 0) is 6.54 Å². The zero-order valence-corrected chi connectivity index (χ0v) is 12.5. The Morgan fingerprint density at radius 1 is 1.52 bits per heavy atom. The second kappa shape index (κ2) is 5.58. The van der Waals surface area contributed by atoms with E-state index in [2.05, 4.69) is 15.3 Å². The lowest BCUT2D eigenvalue weighted by Gasteiger charge is -2.15. The summed E-state index contributed by atoms with van der Waals surface area (Å²) in [5.41, 5.74) is 1.89. The van der Waals surface area contributed by atoms with E-state index in [0.29, 0.717) is 23.6 Å². The van der Waals surface area contributed by atoms with E-state index >= 15 is 0 Å². The molecule has 3 aromatic rings. The Hall–Kier alpha value is -2.54. The number of carbonyl (C=O) groups is 1. The molecular weight excluding hydrogens is 296 g/mol. The molecule has 0 radical (unpaired) electrons. The van der Waals surface area contributed by atoms with E-state index in [9.17, 15) is 9.90 Å². The number of hydrogen-bond donors (Lipinski definition) is 3. The van der Waals surface area contributed by atoms with Crippen LogP contribution in [0.25, 0.3) is 11.1 Å². The number of nitrogens with zero attached hydrogens (tertiary/aromatic N) is 2. The Labute approximate surface area is 132 Å². The number of aromatic amines is 1. The average Bonchev–Trinajstić information content (AvgIpc) is 3.25. The number of aliphatic hydroxyl groups is 1. The van der Waals surface area contributed by atoms with Gasteiger partial charge in [0.05, 0.1) is 30.3 Å². The molecule has 1 amide bonds. The molecular formula is C16H18N4O3. The summed E-state index contributed by atoms with van der Waals surface area (Å²) < 4.78 is 7.25. The number of rotatable bonds is 4. The monoisotopic (exact) mass is 314 g/mol. The number of carbonyl (C=O) groups excluding carboxylic acids is 1. The summed E-state index contributed by atoms with van der Waals surface area (Å²) in [6.07, 6.45) is 7.90. The molecule has 0 spiro atoms. The van der Waals surface area contributed by atoms with Gasteiger partial charge in [0.15, 0.2) is 5.58 Å². The molecule has 1 saturated carbocycles. The second-order valence-electron chi connectivity index (χ2n) is 6.13. The number of H-pyrrole nitrogens is 1. The van der Waals surface area contributed by atoms with Crippen LogP contribution >= 0.6 is 0 Å². The molecule has 0 aromatic carbocycles. The molecule has 0 bridgehead atoms. The van der Waals surface area contributed by atoms with Crippen molar-refractivity contribution in [1.29, 1.82) is 0 Å². The fourth-order valence-electron chi connectivity index (χ4n) is 3.33. The third-order valence-electron chi connectivity index (χ3n) is 4.46. The van der Waals surface area contributed by atoms with Crippen LogP contribution in [0.3, 0.4) is 0 Å². The first-order valence-corrected chi connectivity index (χ1v) is 7.70. The summed E-state index contributed by atoms with van der Waals surface area (Å²) in [5, 5.41) is 13.1. The number of aliphatic hydroxyl groups excluding tert-OH is 1. The lowest BCUT2D eigenvalue weighted by atomic mass is 10.1. The smallest absolute Gasteiger partial charge is 0.268 e. The zero-order valence-electron chi connectivity index (χ0n) is 12.5. The lowest BCUT2D eigenvalue weighted by molar-refractivity contribution is 0.0868. The third-order valence-corrected chi connectivity index (χ3v) is 4.46. The largest absolute Gasteiger partial charge is 0.463 e. The molecule has 0 saturated heterocycles. The first-order chi connectivity index (χ1) is 11.2. The van der Waals surface area contributed by atoms with Crippen molar-refractivity contribution in [3.8, 4) is 0 Å². The van der Waals surface area contributed by atoms with Crippen molar-refractivity contribution in [2.75, 3.05) is 0 Å². The molecule has 7 heteroatoms. The van der Waals surface area contributed by atoms with Crippen molar-refractivity contribution >= 4 is 17.0 Å². The molecule has 23 heavy (non-hydrogen) atoms. The number of imidazole rings is 1. The van der Waals surface area contributed by atoms with Gasteiger partial charge in [-0.15, -0.1) is 0 Å². The van der Waals surface area contributed by atoms with Gasteiger partial charge in [-0.25, -0.2) is 4.98 Å². The van der Waals surface area contributed by atoms with Crippen LogP contribution in [0, 0.1) is 5.92 Å². The highest BCUT2D eigenvalue weighted by Crippen LogP contribution is 2.28. The van der Waals surface area contributed by atoms with Crippen molar-refractivity contribution in [3.63, 3.8) is 0 Å². The van der Waals surface area contributed by atoms with E-state index in [1.54, 1.807) is 30.9 Å². The van der Waals surface area contributed by atoms with Crippen molar-refractivity contribution < 1.29 is 14.3 Å². The van der Waals surface area contributed by atoms with Gasteiger partial charge in [0.25, 0.3) is 5.91 Å². The summed E-state index contributed by atoms with van der Waals surface area (Å²) in [7, 11) is 0. The van der Waals surface area contributed by atoms with Gasteiger partial charge in [-0.2, -0.15) is 0 Å². The predicted octanol–water partition coefficient (Wildman–Crippen LogP) is 1.53. The van der Waals surface area contributed by atoms with Gasteiger partial charge in [0.2, 0.25) is 0 Å². The van der Waals surface area contributed by atoms with Crippen LogP contribution in [0.5, 0.6) is 0 Å². The Balaban J connectivity index is 1.40. The molecule has 4 rings (SSSR count). The van der Waals surface area contributed by atoms with E-state index in [1.165, 1.54) is 0 Å². The molecule has 3 aromatic heterocycles. The number of hydrogen-bond acceptors (Lipinski definition) is 4. The SMILES string of the molecule is O=C(N[C@@H]1CC(Cn2ccnc2)C[C@H]1O)c1cc2occc2[nH]1.